The Hall–Kier alpha value is -0.320. The van der Waals surface area contributed by atoms with Crippen molar-refractivity contribution in [3.63, 3.8) is 0 Å². The molecular formula is C13H27ClN2O2. The molecule has 0 aliphatic carbocycles. The number of likely N-dealkylation sites (tertiary alicyclic amines) is 1. The van der Waals surface area contributed by atoms with Crippen molar-refractivity contribution in [3.8, 4) is 0 Å². The first-order chi connectivity index (χ1) is 8.19. The first-order valence-electron chi connectivity index (χ1n) is 6.70. The summed E-state index contributed by atoms with van der Waals surface area (Å²) in [4.78, 5) is 14.2. The zero-order chi connectivity index (χ0) is 12.7. The van der Waals surface area contributed by atoms with Crippen molar-refractivity contribution in [3.05, 3.63) is 0 Å². The third kappa shape index (κ3) is 5.55. The van der Waals surface area contributed by atoms with E-state index in [1.54, 1.807) is 0 Å². The van der Waals surface area contributed by atoms with Crippen LogP contribution in [0.3, 0.4) is 0 Å². The van der Waals surface area contributed by atoms with Gasteiger partial charge in [0.15, 0.2) is 0 Å². The molecule has 4 nitrogen and oxygen atoms in total. The van der Waals surface area contributed by atoms with Gasteiger partial charge in [-0.05, 0) is 32.7 Å². The van der Waals surface area contributed by atoms with Crippen LogP contribution in [0.15, 0.2) is 0 Å². The fraction of sp³-hybridized carbons (Fsp3) is 0.923. The van der Waals surface area contributed by atoms with Gasteiger partial charge in [-0.25, -0.2) is 0 Å². The average molecular weight is 279 g/mol. The van der Waals surface area contributed by atoms with E-state index in [-0.39, 0.29) is 24.2 Å². The predicted octanol–water partition coefficient (Wildman–Crippen LogP) is 1.54. The van der Waals surface area contributed by atoms with Crippen molar-refractivity contribution in [2.24, 2.45) is 11.8 Å². The summed E-state index contributed by atoms with van der Waals surface area (Å²) < 4.78 is 5.46. The molecule has 108 valence electrons. The van der Waals surface area contributed by atoms with Crippen molar-refractivity contribution in [2.75, 3.05) is 39.9 Å². The average Bonchev–Trinajstić information content (AvgIpc) is 2.36. The maximum Gasteiger partial charge on any atom is 0.226 e. The molecule has 0 saturated carbocycles. The van der Waals surface area contributed by atoms with Crippen molar-refractivity contribution < 1.29 is 9.53 Å². The van der Waals surface area contributed by atoms with Crippen LogP contribution in [-0.2, 0) is 9.53 Å². The minimum Gasteiger partial charge on any atom is -0.381 e. The van der Waals surface area contributed by atoms with Crippen molar-refractivity contribution in [2.45, 2.75) is 26.7 Å². The van der Waals surface area contributed by atoms with Crippen LogP contribution < -0.4 is 5.32 Å². The van der Waals surface area contributed by atoms with Gasteiger partial charge in [-0.15, -0.1) is 12.4 Å². The van der Waals surface area contributed by atoms with Gasteiger partial charge in [-0.3, -0.25) is 4.79 Å². The number of rotatable bonds is 6. The largest absolute Gasteiger partial charge is 0.381 e. The minimum atomic E-state index is 0. The monoisotopic (exact) mass is 278 g/mol. The Labute approximate surface area is 117 Å². The number of carbonyl (C=O) groups excluding carboxylic acids is 1. The molecule has 1 amide bonds. The Balaban J connectivity index is 0.00000289. The van der Waals surface area contributed by atoms with E-state index in [2.05, 4.69) is 5.32 Å². The molecule has 1 rings (SSSR count). The Bertz CT molecular complexity index is 239. The van der Waals surface area contributed by atoms with E-state index in [0.29, 0.717) is 5.92 Å². The number of hydrogen-bond acceptors (Lipinski definition) is 3. The number of piperidine rings is 1. The van der Waals surface area contributed by atoms with E-state index in [1.165, 1.54) is 6.42 Å². The van der Waals surface area contributed by atoms with E-state index < -0.39 is 0 Å². The summed E-state index contributed by atoms with van der Waals surface area (Å²) in [6, 6.07) is 0. The van der Waals surface area contributed by atoms with Gasteiger partial charge in [0.05, 0.1) is 6.61 Å². The van der Waals surface area contributed by atoms with Crippen LogP contribution in [0.2, 0.25) is 0 Å². The van der Waals surface area contributed by atoms with Gasteiger partial charge in [0, 0.05) is 32.2 Å². The molecule has 0 radical (unpaired) electrons. The van der Waals surface area contributed by atoms with Crippen LogP contribution in [0.5, 0.6) is 0 Å². The van der Waals surface area contributed by atoms with Crippen molar-refractivity contribution in [1.82, 2.24) is 10.2 Å². The lowest BCUT2D eigenvalue weighted by Gasteiger charge is -2.34. The normalized spacial score (nSPS) is 21.3. The first kappa shape index (κ1) is 17.7. The van der Waals surface area contributed by atoms with Gasteiger partial charge in [-0.2, -0.15) is 0 Å². The van der Waals surface area contributed by atoms with Gasteiger partial charge in [0.1, 0.15) is 0 Å². The second-order valence-corrected chi connectivity index (χ2v) is 4.91. The molecule has 2 unspecified atom stereocenters. The predicted molar refractivity (Wildman–Crippen MR) is 76.1 cm³/mol. The molecule has 1 heterocycles. The van der Waals surface area contributed by atoms with Crippen LogP contribution in [-0.4, -0.2) is 50.7 Å². The summed E-state index contributed by atoms with van der Waals surface area (Å²) in [6.45, 7) is 8.10. The molecule has 0 aromatic rings. The Kier molecular flexibility index (Phi) is 9.42. The fourth-order valence-electron chi connectivity index (χ4n) is 2.39. The fourth-order valence-corrected chi connectivity index (χ4v) is 2.39. The summed E-state index contributed by atoms with van der Waals surface area (Å²) in [6.07, 6.45) is 2.29. The van der Waals surface area contributed by atoms with Crippen LogP contribution in [0.25, 0.3) is 0 Å². The highest BCUT2D eigenvalue weighted by Crippen LogP contribution is 2.18. The number of amides is 1. The molecule has 2 atom stereocenters. The number of nitrogens with one attached hydrogen (secondary N) is 1. The molecule has 0 bridgehead atoms. The van der Waals surface area contributed by atoms with Crippen molar-refractivity contribution in [1.29, 1.82) is 0 Å². The molecule has 1 fully saturated rings. The zero-order valence-corrected chi connectivity index (χ0v) is 12.6. The van der Waals surface area contributed by atoms with Gasteiger partial charge in [-0.1, -0.05) is 6.92 Å². The van der Waals surface area contributed by atoms with Crippen molar-refractivity contribution >= 4 is 18.3 Å². The van der Waals surface area contributed by atoms with Crippen LogP contribution in [0.1, 0.15) is 26.7 Å². The maximum absolute atomic E-state index is 12.2. The number of carbonyl (C=O) groups is 1. The van der Waals surface area contributed by atoms with Crippen LogP contribution in [0, 0.1) is 11.8 Å². The van der Waals surface area contributed by atoms with Crippen LogP contribution >= 0.6 is 12.4 Å². The molecule has 1 aliphatic heterocycles. The standard InChI is InChI=1S/C13H26N2O2.ClH/c1-4-17-10-12-6-5-7-15(9-12)13(16)11(2)8-14-3;/h11-12,14H,4-10H2,1-3H3;1H. The van der Waals surface area contributed by atoms with E-state index in [0.717, 1.165) is 39.3 Å². The molecule has 0 spiro atoms. The molecule has 1 aliphatic rings. The van der Waals surface area contributed by atoms with E-state index in [9.17, 15) is 4.79 Å². The highest BCUT2D eigenvalue weighted by atomic mass is 35.5. The quantitative estimate of drug-likeness (QED) is 0.801. The number of hydrogen-bond donors (Lipinski definition) is 1. The second-order valence-electron chi connectivity index (χ2n) is 4.91. The third-order valence-electron chi connectivity index (χ3n) is 3.32. The lowest BCUT2D eigenvalue weighted by molar-refractivity contribution is -0.137. The maximum atomic E-state index is 12.2. The first-order valence-corrected chi connectivity index (χ1v) is 6.70. The summed E-state index contributed by atoms with van der Waals surface area (Å²) in [5.74, 6) is 0.876. The van der Waals surface area contributed by atoms with Crippen LogP contribution in [0.4, 0.5) is 0 Å². The summed E-state index contributed by atoms with van der Waals surface area (Å²) >= 11 is 0. The molecule has 0 aromatic heterocycles. The molecular weight excluding hydrogens is 252 g/mol. The SMILES string of the molecule is CCOCC1CCCN(C(=O)C(C)CNC)C1.Cl. The molecule has 5 heteroatoms. The Morgan fingerprint density at radius 1 is 1.56 bits per heavy atom. The topological polar surface area (TPSA) is 41.6 Å². The number of ether oxygens (including phenoxy) is 1. The number of halogens is 1. The second kappa shape index (κ2) is 9.59. The van der Waals surface area contributed by atoms with E-state index in [1.807, 2.05) is 25.8 Å². The highest BCUT2D eigenvalue weighted by Gasteiger charge is 2.26. The molecule has 1 saturated heterocycles. The van der Waals surface area contributed by atoms with E-state index >= 15 is 0 Å². The summed E-state index contributed by atoms with van der Waals surface area (Å²) in [5.41, 5.74) is 0. The number of nitrogens with zero attached hydrogens (tertiary/aromatic N) is 1. The van der Waals surface area contributed by atoms with Gasteiger partial charge < -0.3 is 15.0 Å². The summed E-state index contributed by atoms with van der Waals surface area (Å²) in [5, 5.41) is 3.06. The molecule has 1 N–H and O–H groups in total. The van der Waals surface area contributed by atoms with E-state index in [4.69, 9.17) is 4.74 Å². The third-order valence-corrected chi connectivity index (χ3v) is 3.32. The van der Waals surface area contributed by atoms with Gasteiger partial charge in [0.2, 0.25) is 5.91 Å². The molecule has 18 heavy (non-hydrogen) atoms. The summed E-state index contributed by atoms with van der Waals surface area (Å²) in [7, 11) is 1.89. The lowest BCUT2D eigenvalue weighted by Crippen LogP contribution is -2.45. The zero-order valence-electron chi connectivity index (χ0n) is 11.8. The van der Waals surface area contributed by atoms with Gasteiger partial charge >= 0.3 is 0 Å². The molecule has 0 aromatic carbocycles. The Morgan fingerprint density at radius 3 is 2.89 bits per heavy atom. The smallest absolute Gasteiger partial charge is 0.226 e. The lowest BCUT2D eigenvalue weighted by atomic mass is 9.97. The minimum absolute atomic E-state index is 0. The van der Waals surface area contributed by atoms with Gasteiger partial charge in [0.25, 0.3) is 0 Å². The highest BCUT2D eigenvalue weighted by molar-refractivity contribution is 5.85. The Morgan fingerprint density at radius 2 is 2.28 bits per heavy atom.